The Balaban J connectivity index is 1.75. The zero-order valence-corrected chi connectivity index (χ0v) is 20.0. The molecule has 1 N–H and O–H groups in total. The van der Waals surface area contributed by atoms with Gasteiger partial charge in [0.05, 0.1) is 11.1 Å². The topological polar surface area (TPSA) is 30.5 Å². The van der Waals surface area contributed by atoms with Gasteiger partial charge in [-0.1, -0.05) is 59.6 Å². The van der Waals surface area contributed by atoms with E-state index in [-0.39, 0.29) is 12.6 Å². The highest BCUT2D eigenvalue weighted by molar-refractivity contribution is 9.10. The summed E-state index contributed by atoms with van der Waals surface area (Å²) < 4.78 is 12.7. The van der Waals surface area contributed by atoms with E-state index in [0.717, 1.165) is 15.6 Å². The molecule has 0 radical (unpaired) electrons. The largest absolute Gasteiger partial charge is 0.490 e. The van der Waals surface area contributed by atoms with Crippen LogP contribution in [0.15, 0.2) is 65.1 Å². The van der Waals surface area contributed by atoms with Crippen LogP contribution in [-0.4, -0.2) is 6.61 Å². The normalized spacial score (nSPS) is 11.9. The summed E-state index contributed by atoms with van der Waals surface area (Å²) in [7, 11) is 0. The molecule has 30 heavy (non-hydrogen) atoms. The summed E-state index contributed by atoms with van der Waals surface area (Å²) in [5.41, 5.74) is 3.09. The van der Waals surface area contributed by atoms with Crippen molar-refractivity contribution in [2.45, 2.75) is 33.0 Å². The molecule has 0 amide bonds. The van der Waals surface area contributed by atoms with Crippen molar-refractivity contribution >= 4 is 39.1 Å². The van der Waals surface area contributed by atoms with Crippen LogP contribution < -0.4 is 14.8 Å². The van der Waals surface area contributed by atoms with E-state index in [9.17, 15) is 0 Å². The molecule has 0 heterocycles. The molecule has 3 nitrogen and oxygen atoms in total. The lowest BCUT2D eigenvalue weighted by atomic mass is 10.1. The lowest BCUT2D eigenvalue weighted by Gasteiger charge is -2.18. The van der Waals surface area contributed by atoms with Crippen LogP contribution in [0.25, 0.3) is 0 Å². The molecule has 0 fully saturated rings. The molecule has 1 atom stereocenters. The van der Waals surface area contributed by atoms with Crippen LogP contribution in [0.2, 0.25) is 10.0 Å². The van der Waals surface area contributed by atoms with E-state index in [2.05, 4.69) is 52.4 Å². The van der Waals surface area contributed by atoms with Gasteiger partial charge >= 0.3 is 0 Å². The van der Waals surface area contributed by atoms with Crippen LogP contribution in [0.4, 0.5) is 0 Å². The predicted octanol–water partition coefficient (Wildman–Crippen LogP) is 7.58. The maximum atomic E-state index is 6.27. The van der Waals surface area contributed by atoms with Crippen LogP contribution in [0.3, 0.4) is 0 Å². The number of hydrogen-bond donors (Lipinski definition) is 1. The third-order valence-corrected chi connectivity index (χ3v) is 6.00. The Labute approximate surface area is 196 Å². The zero-order chi connectivity index (χ0) is 21.5. The van der Waals surface area contributed by atoms with Crippen molar-refractivity contribution in [2.75, 3.05) is 6.61 Å². The first-order chi connectivity index (χ1) is 14.5. The summed E-state index contributed by atoms with van der Waals surface area (Å²) in [6, 6.07) is 20.1. The number of ether oxygens (including phenoxy) is 2. The Morgan fingerprint density at radius 2 is 1.67 bits per heavy atom. The highest BCUT2D eigenvalue weighted by atomic mass is 79.9. The fourth-order valence-electron chi connectivity index (χ4n) is 3.07. The molecular formula is C24H24BrCl2NO2. The van der Waals surface area contributed by atoms with Crippen molar-refractivity contribution in [3.8, 4) is 11.5 Å². The van der Waals surface area contributed by atoms with Gasteiger partial charge in [-0.3, -0.25) is 0 Å². The van der Waals surface area contributed by atoms with Crippen LogP contribution in [0.1, 0.15) is 36.6 Å². The Morgan fingerprint density at radius 3 is 2.33 bits per heavy atom. The van der Waals surface area contributed by atoms with Crippen LogP contribution in [-0.2, 0) is 13.2 Å². The Kier molecular flexibility index (Phi) is 8.46. The highest BCUT2D eigenvalue weighted by Gasteiger charge is 2.15. The maximum Gasteiger partial charge on any atom is 0.175 e. The smallest absolute Gasteiger partial charge is 0.175 e. The lowest BCUT2D eigenvalue weighted by molar-refractivity contribution is 0.267. The first kappa shape index (κ1) is 23.0. The van der Waals surface area contributed by atoms with Gasteiger partial charge in [0.2, 0.25) is 0 Å². The Morgan fingerprint density at radius 1 is 0.967 bits per heavy atom. The van der Waals surface area contributed by atoms with Gasteiger partial charge in [-0.05, 0) is 65.2 Å². The second kappa shape index (κ2) is 11.1. The van der Waals surface area contributed by atoms with E-state index in [1.54, 1.807) is 12.1 Å². The molecule has 0 aromatic heterocycles. The molecule has 0 bridgehead atoms. The molecule has 0 spiro atoms. The Bertz CT molecular complexity index is 962. The SMILES string of the molecule is CCOc1cc(CN[C@@H](C)c2ccccc2)cc(Br)c1OCc1c(Cl)cccc1Cl. The van der Waals surface area contributed by atoms with Crippen molar-refractivity contribution < 1.29 is 9.47 Å². The van der Waals surface area contributed by atoms with E-state index in [1.807, 2.05) is 31.2 Å². The molecule has 0 saturated heterocycles. The second-order valence-corrected chi connectivity index (χ2v) is 8.51. The highest BCUT2D eigenvalue weighted by Crippen LogP contribution is 2.38. The number of rotatable bonds is 9. The molecule has 0 aliphatic rings. The predicted molar refractivity (Wildman–Crippen MR) is 128 cm³/mol. The molecule has 0 aliphatic heterocycles. The summed E-state index contributed by atoms with van der Waals surface area (Å²) in [5, 5.41) is 4.70. The van der Waals surface area contributed by atoms with Gasteiger partial charge in [0.15, 0.2) is 11.5 Å². The quantitative estimate of drug-likeness (QED) is 0.323. The average molecular weight is 509 g/mol. The molecule has 0 aliphatic carbocycles. The van der Waals surface area contributed by atoms with Crippen molar-refractivity contribution in [2.24, 2.45) is 0 Å². The minimum Gasteiger partial charge on any atom is -0.490 e. The fraction of sp³-hybridized carbons (Fsp3) is 0.250. The van der Waals surface area contributed by atoms with Crippen molar-refractivity contribution in [1.29, 1.82) is 0 Å². The molecule has 0 unspecified atom stereocenters. The molecule has 6 heteroatoms. The zero-order valence-electron chi connectivity index (χ0n) is 16.9. The van der Waals surface area contributed by atoms with E-state index in [0.29, 0.717) is 34.7 Å². The Hall–Kier alpha value is -1.72. The average Bonchev–Trinajstić information content (AvgIpc) is 2.74. The summed E-state index contributed by atoms with van der Waals surface area (Å²) in [6.45, 7) is 5.59. The van der Waals surface area contributed by atoms with E-state index < -0.39 is 0 Å². The fourth-order valence-corrected chi connectivity index (χ4v) is 4.18. The number of halogens is 3. The first-order valence-corrected chi connectivity index (χ1v) is 11.3. The summed E-state index contributed by atoms with van der Waals surface area (Å²) in [4.78, 5) is 0. The number of benzene rings is 3. The third kappa shape index (κ3) is 5.92. The molecule has 3 aromatic carbocycles. The van der Waals surface area contributed by atoms with Crippen molar-refractivity contribution in [3.05, 3.63) is 91.9 Å². The maximum absolute atomic E-state index is 6.27. The standard InChI is InChI=1S/C24H24BrCl2NO2/c1-3-29-23-13-17(14-28-16(2)18-8-5-4-6-9-18)12-20(25)24(23)30-15-19-21(26)10-7-11-22(19)27/h4-13,16,28H,3,14-15H2,1-2H3/t16-/m0/s1. The van der Waals surface area contributed by atoms with Crippen molar-refractivity contribution in [1.82, 2.24) is 5.32 Å². The second-order valence-electron chi connectivity index (χ2n) is 6.84. The van der Waals surface area contributed by atoms with Gasteiger partial charge in [0, 0.05) is 28.2 Å². The van der Waals surface area contributed by atoms with Gasteiger partial charge < -0.3 is 14.8 Å². The molecule has 158 valence electrons. The van der Waals surface area contributed by atoms with E-state index >= 15 is 0 Å². The number of hydrogen-bond acceptors (Lipinski definition) is 3. The monoisotopic (exact) mass is 507 g/mol. The molecule has 3 aromatic rings. The summed E-state index contributed by atoms with van der Waals surface area (Å²) in [6.07, 6.45) is 0. The number of nitrogens with one attached hydrogen (secondary N) is 1. The minimum absolute atomic E-state index is 0.235. The summed E-state index contributed by atoms with van der Waals surface area (Å²) >= 11 is 16.2. The van der Waals surface area contributed by atoms with Crippen LogP contribution in [0, 0.1) is 0 Å². The van der Waals surface area contributed by atoms with Crippen LogP contribution >= 0.6 is 39.1 Å². The lowest BCUT2D eigenvalue weighted by Crippen LogP contribution is -2.18. The summed E-state index contributed by atoms with van der Waals surface area (Å²) in [5.74, 6) is 1.31. The third-order valence-electron chi connectivity index (χ3n) is 4.70. The molecule has 0 saturated carbocycles. The van der Waals surface area contributed by atoms with E-state index in [1.165, 1.54) is 5.56 Å². The van der Waals surface area contributed by atoms with Gasteiger partial charge in [-0.2, -0.15) is 0 Å². The van der Waals surface area contributed by atoms with Crippen LogP contribution in [0.5, 0.6) is 11.5 Å². The van der Waals surface area contributed by atoms with Gasteiger partial charge in [0.1, 0.15) is 6.61 Å². The van der Waals surface area contributed by atoms with Crippen molar-refractivity contribution in [3.63, 3.8) is 0 Å². The van der Waals surface area contributed by atoms with Gasteiger partial charge in [0.25, 0.3) is 0 Å². The molecule has 3 rings (SSSR count). The molecular weight excluding hydrogens is 485 g/mol. The van der Waals surface area contributed by atoms with Gasteiger partial charge in [-0.15, -0.1) is 0 Å². The van der Waals surface area contributed by atoms with E-state index in [4.69, 9.17) is 32.7 Å². The van der Waals surface area contributed by atoms with Gasteiger partial charge in [-0.25, -0.2) is 0 Å². The first-order valence-electron chi connectivity index (χ1n) is 9.78. The minimum atomic E-state index is 0.235.